The van der Waals surface area contributed by atoms with Gasteiger partial charge >= 0.3 is 0 Å². The molecule has 0 radical (unpaired) electrons. The van der Waals surface area contributed by atoms with E-state index in [0.717, 1.165) is 17.8 Å². The molecule has 2 heteroatoms. The van der Waals surface area contributed by atoms with Gasteiger partial charge < -0.3 is 5.32 Å². The topological polar surface area (TPSA) is 24.9 Å². The number of fused-ring (bicyclic) bond motifs is 1. The normalized spacial score (nSPS) is 11.3. The highest BCUT2D eigenvalue weighted by atomic mass is 14.9. The van der Waals surface area contributed by atoms with Gasteiger partial charge in [-0.1, -0.05) is 19.9 Å². The van der Waals surface area contributed by atoms with E-state index in [4.69, 9.17) is 4.98 Å². The molecule has 0 aliphatic heterocycles. The summed E-state index contributed by atoms with van der Waals surface area (Å²) in [5.74, 6) is 0.478. The standard InChI is InChI=1S/C17H24N2/c1-7-18-17-15(10(2)3)13(6)19-14-9-11(4)8-12(5)16(14)17/h8-10H,7H2,1-6H3,(H,18,19). The number of anilines is 1. The molecule has 1 heterocycles. The third kappa shape index (κ3) is 2.44. The molecule has 0 unspecified atom stereocenters. The predicted molar refractivity (Wildman–Crippen MR) is 84.2 cm³/mol. The van der Waals surface area contributed by atoms with Crippen molar-refractivity contribution in [3.63, 3.8) is 0 Å². The van der Waals surface area contributed by atoms with Crippen molar-refractivity contribution in [1.82, 2.24) is 4.98 Å². The Morgan fingerprint density at radius 2 is 1.84 bits per heavy atom. The van der Waals surface area contributed by atoms with E-state index in [1.165, 1.54) is 27.8 Å². The summed E-state index contributed by atoms with van der Waals surface area (Å²) in [6, 6.07) is 4.42. The fourth-order valence-electron chi connectivity index (χ4n) is 2.98. The van der Waals surface area contributed by atoms with E-state index < -0.39 is 0 Å². The van der Waals surface area contributed by atoms with Crippen LogP contribution in [0.25, 0.3) is 10.9 Å². The first-order chi connectivity index (χ1) is 8.95. The van der Waals surface area contributed by atoms with Crippen LogP contribution in [0.1, 0.15) is 49.1 Å². The minimum Gasteiger partial charge on any atom is -0.384 e. The molecule has 102 valence electrons. The van der Waals surface area contributed by atoms with Crippen LogP contribution >= 0.6 is 0 Å². The van der Waals surface area contributed by atoms with Crippen molar-refractivity contribution in [1.29, 1.82) is 0 Å². The van der Waals surface area contributed by atoms with Gasteiger partial charge in [-0.3, -0.25) is 4.98 Å². The largest absolute Gasteiger partial charge is 0.384 e. The lowest BCUT2D eigenvalue weighted by Crippen LogP contribution is -2.07. The first-order valence-corrected chi connectivity index (χ1v) is 7.11. The highest BCUT2D eigenvalue weighted by Crippen LogP contribution is 2.35. The molecule has 0 aliphatic carbocycles. The van der Waals surface area contributed by atoms with Crippen LogP contribution in [0.4, 0.5) is 5.69 Å². The molecule has 1 N–H and O–H groups in total. The van der Waals surface area contributed by atoms with Crippen LogP contribution in [-0.4, -0.2) is 11.5 Å². The minimum absolute atomic E-state index is 0.478. The van der Waals surface area contributed by atoms with E-state index in [2.05, 4.69) is 59.0 Å². The zero-order valence-electron chi connectivity index (χ0n) is 12.9. The van der Waals surface area contributed by atoms with Gasteiger partial charge in [-0.15, -0.1) is 0 Å². The second kappa shape index (κ2) is 5.20. The summed E-state index contributed by atoms with van der Waals surface area (Å²) in [5.41, 5.74) is 7.45. The summed E-state index contributed by atoms with van der Waals surface area (Å²) < 4.78 is 0. The number of nitrogens with zero attached hydrogens (tertiary/aromatic N) is 1. The maximum Gasteiger partial charge on any atom is 0.0731 e. The molecule has 1 aromatic carbocycles. The molecule has 0 bridgehead atoms. The molecule has 0 fully saturated rings. The van der Waals surface area contributed by atoms with Crippen LogP contribution in [0.5, 0.6) is 0 Å². The van der Waals surface area contributed by atoms with Crippen LogP contribution in [-0.2, 0) is 0 Å². The van der Waals surface area contributed by atoms with E-state index in [1.54, 1.807) is 0 Å². The molecular weight excluding hydrogens is 232 g/mol. The van der Waals surface area contributed by atoms with Crippen LogP contribution in [0.2, 0.25) is 0 Å². The van der Waals surface area contributed by atoms with Gasteiger partial charge in [-0.05, 0) is 56.4 Å². The number of hydrogen-bond donors (Lipinski definition) is 1. The van der Waals surface area contributed by atoms with Crippen molar-refractivity contribution in [2.75, 3.05) is 11.9 Å². The molecule has 0 amide bonds. The Labute approximate surface area is 116 Å². The maximum absolute atomic E-state index is 4.82. The summed E-state index contributed by atoms with van der Waals surface area (Å²) in [6.07, 6.45) is 0. The Kier molecular flexibility index (Phi) is 3.79. The molecule has 2 aromatic rings. The van der Waals surface area contributed by atoms with Crippen molar-refractivity contribution in [2.24, 2.45) is 0 Å². The predicted octanol–water partition coefficient (Wildman–Crippen LogP) is 4.72. The number of benzene rings is 1. The van der Waals surface area contributed by atoms with Crippen LogP contribution < -0.4 is 5.32 Å². The Morgan fingerprint density at radius 1 is 1.16 bits per heavy atom. The SMILES string of the molecule is CCNc1c(C(C)C)c(C)nc2cc(C)cc(C)c12. The van der Waals surface area contributed by atoms with Crippen molar-refractivity contribution >= 4 is 16.6 Å². The second-order valence-electron chi connectivity index (χ2n) is 5.65. The molecule has 0 saturated carbocycles. The van der Waals surface area contributed by atoms with Crippen LogP contribution in [0.3, 0.4) is 0 Å². The van der Waals surface area contributed by atoms with Crippen molar-refractivity contribution in [3.8, 4) is 0 Å². The molecule has 0 aliphatic rings. The van der Waals surface area contributed by atoms with E-state index in [1.807, 2.05) is 0 Å². The van der Waals surface area contributed by atoms with Crippen molar-refractivity contribution < 1.29 is 0 Å². The van der Waals surface area contributed by atoms with Crippen LogP contribution in [0, 0.1) is 20.8 Å². The molecule has 1 aromatic heterocycles. The number of hydrogen-bond acceptors (Lipinski definition) is 2. The van der Waals surface area contributed by atoms with Gasteiger partial charge in [-0.2, -0.15) is 0 Å². The molecule has 19 heavy (non-hydrogen) atoms. The van der Waals surface area contributed by atoms with Gasteiger partial charge in [-0.25, -0.2) is 0 Å². The van der Waals surface area contributed by atoms with Crippen molar-refractivity contribution in [2.45, 2.75) is 47.5 Å². The lowest BCUT2D eigenvalue weighted by molar-refractivity contribution is 0.847. The van der Waals surface area contributed by atoms with E-state index >= 15 is 0 Å². The number of rotatable bonds is 3. The zero-order valence-corrected chi connectivity index (χ0v) is 12.9. The zero-order chi connectivity index (χ0) is 14.2. The Bertz CT molecular complexity index is 612. The van der Waals surface area contributed by atoms with Gasteiger partial charge in [0, 0.05) is 23.3 Å². The average molecular weight is 256 g/mol. The summed E-state index contributed by atoms with van der Waals surface area (Å²) in [5, 5.41) is 4.84. The van der Waals surface area contributed by atoms with E-state index in [9.17, 15) is 0 Å². The summed E-state index contributed by atoms with van der Waals surface area (Å²) >= 11 is 0. The van der Waals surface area contributed by atoms with Gasteiger partial charge in [0.25, 0.3) is 0 Å². The second-order valence-corrected chi connectivity index (χ2v) is 5.65. The summed E-state index contributed by atoms with van der Waals surface area (Å²) in [6.45, 7) is 14.0. The lowest BCUT2D eigenvalue weighted by atomic mass is 9.94. The molecular formula is C17H24N2. The average Bonchev–Trinajstić information content (AvgIpc) is 2.26. The number of aryl methyl sites for hydroxylation is 3. The third-order valence-electron chi connectivity index (χ3n) is 3.59. The molecule has 2 nitrogen and oxygen atoms in total. The Hall–Kier alpha value is -1.57. The third-order valence-corrected chi connectivity index (χ3v) is 3.59. The fourth-order valence-corrected chi connectivity index (χ4v) is 2.98. The maximum atomic E-state index is 4.82. The lowest BCUT2D eigenvalue weighted by Gasteiger charge is -2.20. The van der Waals surface area contributed by atoms with Gasteiger partial charge in [0.1, 0.15) is 0 Å². The van der Waals surface area contributed by atoms with Gasteiger partial charge in [0.2, 0.25) is 0 Å². The first kappa shape index (κ1) is 13.9. The molecule has 2 rings (SSSR count). The summed E-state index contributed by atoms with van der Waals surface area (Å²) in [7, 11) is 0. The van der Waals surface area contributed by atoms with Gasteiger partial charge in [0.05, 0.1) is 5.52 Å². The Morgan fingerprint density at radius 3 is 2.42 bits per heavy atom. The van der Waals surface area contributed by atoms with E-state index in [0.29, 0.717) is 5.92 Å². The highest BCUT2D eigenvalue weighted by Gasteiger charge is 2.16. The smallest absolute Gasteiger partial charge is 0.0731 e. The highest BCUT2D eigenvalue weighted by molar-refractivity contribution is 5.96. The number of nitrogens with one attached hydrogen (secondary N) is 1. The number of pyridine rings is 1. The van der Waals surface area contributed by atoms with Gasteiger partial charge in [0.15, 0.2) is 0 Å². The molecule has 0 saturated heterocycles. The monoisotopic (exact) mass is 256 g/mol. The summed E-state index contributed by atoms with van der Waals surface area (Å²) in [4.78, 5) is 4.82. The Balaban J connectivity index is 2.90. The number of aromatic nitrogens is 1. The first-order valence-electron chi connectivity index (χ1n) is 7.11. The molecule has 0 spiro atoms. The fraction of sp³-hybridized carbons (Fsp3) is 0.471. The van der Waals surface area contributed by atoms with E-state index in [-0.39, 0.29) is 0 Å². The quantitative estimate of drug-likeness (QED) is 0.859. The van der Waals surface area contributed by atoms with Crippen molar-refractivity contribution in [3.05, 3.63) is 34.5 Å². The van der Waals surface area contributed by atoms with Crippen LogP contribution in [0.15, 0.2) is 12.1 Å². The molecule has 0 atom stereocenters. The minimum atomic E-state index is 0.478.